The van der Waals surface area contributed by atoms with E-state index in [4.69, 9.17) is 4.74 Å². The van der Waals surface area contributed by atoms with Gasteiger partial charge in [0, 0.05) is 26.2 Å². The number of carbonyl (C=O) groups excluding carboxylic acids is 1. The summed E-state index contributed by atoms with van der Waals surface area (Å²) in [5.41, 5.74) is 0.599. The van der Waals surface area contributed by atoms with Crippen molar-refractivity contribution in [1.82, 2.24) is 10.2 Å². The van der Waals surface area contributed by atoms with Crippen LogP contribution < -0.4 is 5.32 Å². The molecule has 0 aromatic heterocycles. The van der Waals surface area contributed by atoms with Crippen LogP contribution in [0, 0.1) is 0 Å². The lowest BCUT2D eigenvalue weighted by molar-refractivity contribution is -0.144. The minimum absolute atomic E-state index is 0. The zero-order valence-electron chi connectivity index (χ0n) is 12.8. The number of benzene rings is 1. The Kier molecular flexibility index (Phi) is 7.31. The molecular weight excluding hydrogens is 333 g/mol. The van der Waals surface area contributed by atoms with Crippen molar-refractivity contribution in [3.63, 3.8) is 0 Å². The molecule has 0 saturated carbocycles. The molecule has 1 N–H and O–H groups in total. The lowest BCUT2D eigenvalue weighted by Crippen LogP contribution is -2.45. The van der Waals surface area contributed by atoms with Crippen LogP contribution in [-0.2, 0) is 15.7 Å². The first-order valence-electron chi connectivity index (χ1n) is 7.22. The van der Waals surface area contributed by atoms with E-state index in [-0.39, 0.29) is 18.4 Å². The first kappa shape index (κ1) is 19.7. The Hall–Kier alpha value is -1.31. The van der Waals surface area contributed by atoms with Crippen LogP contribution in [0.25, 0.3) is 11.1 Å². The van der Waals surface area contributed by atoms with Crippen molar-refractivity contribution in [3.05, 3.63) is 23.8 Å². The molecule has 0 unspecified atom stereocenters. The number of nitrogens with zero attached hydrogens (tertiary/aromatic N) is 1. The van der Waals surface area contributed by atoms with E-state index in [1.807, 2.05) is 6.92 Å². The van der Waals surface area contributed by atoms with Gasteiger partial charge in [-0.1, -0.05) is 6.07 Å². The number of hydrogen-bond acceptors (Lipinski definition) is 4. The summed E-state index contributed by atoms with van der Waals surface area (Å²) in [6.45, 7) is 6.58. The van der Waals surface area contributed by atoms with Crippen LogP contribution in [0.15, 0.2) is 18.2 Å². The second-order valence-corrected chi connectivity index (χ2v) is 5.09. The summed E-state index contributed by atoms with van der Waals surface area (Å²) < 4.78 is 40.5. The van der Waals surface area contributed by atoms with Gasteiger partial charge in [-0.3, -0.25) is 9.69 Å². The van der Waals surface area contributed by atoms with Gasteiger partial charge in [0.05, 0.1) is 18.7 Å². The predicted molar refractivity (Wildman–Crippen MR) is 83.6 cm³/mol. The third-order valence-electron chi connectivity index (χ3n) is 3.42. The highest BCUT2D eigenvalue weighted by molar-refractivity contribution is 5.85. The first-order valence-corrected chi connectivity index (χ1v) is 7.22. The zero-order chi connectivity index (χ0) is 16.2. The SMILES string of the molecule is CCOC(=O)CN1CCNCC1.Cl.FC(F)(F)c1ccc2cc1-2. The number of nitrogens with one attached hydrogen (secondary N) is 1. The lowest BCUT2D eigenvalue weighted by Gasteiger charge is -2.25. The molecule has 0 aromatic rings. The Bertz CT molecular complexity index is 532. The Morgan fingerprint density at radius 1 is 1.30 bits per heavy atom. The molecule has 1 fully saturated rings. The van der Waals surface area contributed by atoms with Crippen molar-refractivity contribution in [3.8, 4) is 11.1 Å². The van der Waals surface area contributed by atoms with E-state index in [9.17, 15) is 18.0 Å². The molecule has 3 aliphatic rings. The van der Waals surface area contributed by atoms with Gasteiger partial charge < -0.3 is 10.1 Å². The Morgan fingerprint density at radius 3 is 2.35 bits per heavy atom. The van der Waals surface area contributed by atoms with Crippen LogP contribution in [0.5, 0.6) is 0 Å². The molecule has 23 heavy (non-hydrogen) atoms. The van der Waals surface area contributed by atoms with Gasteiger partial charge in [0.2, 0.25) is 0 Å². The summed E-state index contributed by atoms with van der Waals surface area (Å²) >= 11 is 0. The van der Waals surface area contributed by atoms with Crippen LogP contribution >= 0.6 is 12.4 Å². The quantitative estimate of drug-likeness (QED) is 0.862. The number of esters is 1. The van der Waals surface area contributed by atoms with Gasteiger partial charge in [0.25, 0.3) is 0 Å². The van der Waals surface area contributed by atoms with Crippen LogP contribution in [0.3, 0.4) is 0 Å². The fraction of sp³-hybridized carbons (Fsp3) is 0.533. The Labute approximate surface area is 139 Å². The monoisotopic (exact) mass is 352 g/mol. The fourth-order valence-corrected chi connectivity index (χ4v) is 2.26. The maximum atomic E-state index is 11.9. The van der Waals surface area contributed by atoms with Crippen molar-refractivity contribution >= 4 is 18.4 Å². The van der Waals surface area contributed by atoms with Crippen molar-refractivity contribution in [2.75, 3.05) is 39.3 Å². The van der Waals surface area contributed by atoms with Crippen molar-refractivity contribution in [2.24, 2.45) is 0 Å². The molecule has 8 heteroatoms. The molecular formula is C15H20ClF3N2O2. The Balaban J connectivity index is 0.000000223. The first-order chi connectivity index (χ1) is 10.4. The molecule has 4 nitrogen and oxygen atoms in total. The lowest BCUT2D eigenvalue weighted by atomic mass is 10.3. The summed E-state index contributed by atoms with van der Waals surface area (Å²) in [5.74, 6) is -0.112. The van der Waals surface area contributed by atoms with E-state index in [1.165, 1.54) is 12.1 Å². The summed E-state index contributed by atoms with van der Waals surface area (Å²) in [4.78, 5) is 13.1. The molecule has 1 heterocycles. The highest BCUT2D eigenvalue weighted by Gasteiger charge is 2.37. The summed E-state index contributed by atoms with van der Waals surface area (Å²) in [5, 5.41) is 3.23. The van der Waals surface area contributed by atoms with E-state index in [0.717, 1.165) is 37.8 Å². The number of alkyl halides is 3. The molecule has 1 saturated heterocycles. The van der Waals surface area contributed by atoms with Gasteiger partial charge in [-0.15, -0.1) is 12.4 Å². The van der Waals surface area contributed by atoms with Crippen LogP contribution in [0.1, 0.15) is 12.5 Å². The normalized spacial score (nSPS) is 15.8. The van der Waals surface area contributed by atoms with Crippen molar-refractivity contribution < 1.29 is 22.7 Å². The number of halogens is 4. The number of fused-ring (bicyclic) bond motifs is 1. The molecule has 0 radical (unpaired) electrons. The second kappa shape index (κ2) is 8.52. The zero-order valence-corrected chi connectivity index (χ0v) is 13.6. The predicted octanol–water partition coefficient (Wildman–Crippen LogP) is 2.56. The van der Waals surface area contributed by atoms with E-state index < -0.39 is 11.7 Å². The molecule has 0 spiro atoms. The van der Waals surface area contributed by atoms with E-state index in [2.05, 4.69) is 10.2 Å². The van der Waals surface area contributed by atoms with Gasteiger partial charge >= 0.3 is 12.1 Å². The van der Waals surface area contributed by atoms with Gasteiger partial charge in [0.15, 0.2) is 0 Å². The number of rotatable bonds is 3. The molecule has 3 rings (SSSR count). The van der Waals surface area contributed by atoms with Gasteiger partial charge in [-0.25, -0.2) is 0 Å². The minimum Gasteiger partial charge on any atom is -0.465 e. The molecule has 0 atom stereocenters. The average molecular weight is 353 g/mol. The number of carbonyl (C=O) groups is 1. The molecule has 1 aliphatic heterocycles. The van der Waals surface area contributed by atoms with E-state index >= 15 is 0 Å². The molecule has 130 valence electrons. The topological polar surface area (TPSA) is 41.6 Å². The fourth-order valence-electron chi connectivity index (χ4n) is 2.26. The smallest absolute Gasteiger partial charge is 0.417 e. The third kappa shape index (κ3) is 6.01. The second-order valence-electron chi connectivity index (χ2n) is 5.09. The standard InChI is InChI=1S/C8H16N2O2.C7H3F3.ClH/c1-2-12-8(11)7-10-5-3-9-4-6-10;8-7(9,10)6-2-1-4-3-5(4)6;/h9H,2-7H2,1H3;1-3H;1H. The summed E-state index contributed by atoms with van der Waals surface area (Å²) in [7, 11) is 0. The highest BCUT2D eigenvalue weighted by atomic mass is 35.5. The van der Waals surface area contributed by atoms with E-state index in [1.54, 1.807) is 0 Å². The molecule has 0 amide bonds. The number of piperazine rings is 1. The minimum atomic E-state index is -4.17. The average Bonchev–Trinajstić information content (AvgIpc) is 3.09. The third-order valence-corrected chi connectivity index (χ3v) is 3.42. The van der Waals surface area contributed by atoms with Crippen molar-refractivity contribution in [2.45, 2.75) is 13.1 Å². The van der Waals surface area contributed by atoms with E-state index in [0.29, 0.717) is 18.7 Å². The Morgan fingerprint density at radius 2 is 1.96 bits per heavy atom. The van der Waals surface area contributed by atoms with Crippen molar-refractivity contribution in [1.29, 1.82) is 0 Å². The largest absolute Gasteiger partial charge is 0.465 e. The number of hydrogen-bond donors (Lipinski definition) is 1. The maximum absolute atomic E-state index is 11.9. The van der Waals surface area contributed by atoms with Gasteiger partial charge in [-0.05, 0) is 30.2 Å². The maximum Gasteiger partial charge on any atom is 0.417 e. The summed E-state index contributed by atoms with van der Waals surface area (Å²) in [6.07, 6.45) is -4.17. The van der Waals surface area contributed by atoms with Crippen LogP contribution in [0.2, 0.25) is 0 Å². The van der Waals surface area contributed by atoms with Crippen LogP contribution in [0.4, 0.5) is 13.2 Å². The summed E-state index contributed by atoms with van der Waals surface area (Å²) in [6, 6.07) is 4.13. The molecule has 0 bridgehead atoms. The molecule has 2 aliphatic carbocycles. The van der Waals surface area contributed by atoms with Gasteiger partial charge in [-0.2, -0.15) is 13.2 Å². The van der Waals surface area contributed by atoms with Crippen LogP contribution in [-0.4, -0.2) is 50.2 Å². The molecule has 0 aromatic carbocycles. The van der Waals surface area contributed by atoms with Gasteiger partial charge in [0.1, 0.15) is 0 Å². The number of ether oxygens (including phenoxy) is 1. The highest BCUT2D eigenvalue weighted by Crippen LogP contribution is 2.45.